The molecule has 0 unspecified atom stereocenters. The molecule has 8 heteroatoms. The number of hydrogen-bond donors (Lipinski definition) is 1. The molecule has 2 aliphatic rings. The summed E-state index contributed by atoms with van der Waals surface area (Å²) in [5, 5.41) is 5.84. The summed E-state index contributed by atoms with van der Waals surface area (Å²) < 4.78 is 16.8. The number of nitrogens with one attached hydrogen (secondary N) is 1. The topological polar surface area (TPSA) is 86.8 Å². The number of thiazole rings is 1. The molecule has 7 nitrogen and oxygen atoms in total. The van der Waals surface area contributed by atoms with Gasteiger partial charge in [0.1, 0.15) is 6.10 Å². The van der Waals surface area contributed by atoms with E-state index < -0.39 is 29.1 Å². The number of anilines is 2. The Morgan fingerprint density at radius 2 is 2.03 bits per heavy atom. The minimum atomic E-state index is -1.28. The number of unbranched alkanes of at least 4 members (excludes halogenated alkanes) is 1. The minimum Gasteiger partial charge on any atom is -0.459 e. The van der Waals surface area contributed by atoms with Crippen LogP contribution >= 0.6 is 11.3 Å². The van der Waals surface area contributed by atoms with Gasteiger partial charge < -0.3 is 19.5 Å². The molecule has 0 saturated carbocycles. The Balaban J connectivity index is 1.45. The van der Waals surface area contributed by atoms with Gasteiger partial charge in [-0.15, -0.1) is 11.3 Å². The molecule has 2 saturated heterocycles. The molecule has 2 aromatic rings. The quantitative estimate of drug-likeness (QED) is 0.365. The minimum absolute atomic E-state index is 0.219. The van der Waals surface area contributed by atoms with Crippen molar-refractivity contribution in [1.29, 1.82) is 0 Å². The van der Waals surface area contributed by atoms with E-state index in [-0.39, 0.29) is 12.8 Å². The monoisotopic (exact) mass is 444 g/mol. The van der Waals surface area contributed by atoms with Crippen LogP contribution in [0, 0.1) is 12.3 Å². The first kappa shape index (κ1) is 21.8. The predicted molar refractivity (Wildman–Crippen MR) is 117 cm³/mol. The number of hydrogen-bond acceptors (Lipinski definition) is 8. The summed E-state index contributed by atoms with van der Waals surface area (Å²) in [5.41, 5.74) is 0.493. The van der Waals surface area contributed by atoms with E-state index in [0.717, 1.165) is 18.5 Å². The summed E-state index contributed by atoms with van der Waals surface area (Å²) in [5.74, 6) is -1.05. The lowest BCUT2D eigenvalue weighted by molar-refractivity contribution is -0.160. The maximum Gasteiger partial charge on any atom is 0.324 e. The number of esters is 2. The largest absolute Gasteiger partial charge is 0.459 e. The molecule has 0 bridgehead atoms. The lowest BCUT2D eigenvalue weighted by Crippen LogP contribution is -2.32. The van der Waals surface area contributed by atoms with Crippen LogP contribution in [0.3, 0.4) is 0 Å². The van der Waals surface area contributed by atoms with Crippen LogP contribution in [-0.4, -0.2) is 36.2 Å². The molecule has 4 rings (SSSR count). The van der Waals surface area contributed by atoms with Gasteiger partial charge in [-0.05, 0) is 32.4 Å². The molecular formula is C23H28N2O5S. The fourth-order valence-corrected chi connectivity index (χ4v) is 4.96. The molecule has 1 aromatic carbocycles. The van der Waals surface area contributed by atoms with Gasteiger partial charge in [0.25, 0.3) is 0 Å². The molecule has 0 amide bonds. The lowest BCUT2D eigenvalue weighted by Gasteiger charge is -2.20. The highest BCUT2D eigenvalue weighted by atomic mass is 32.1. The molecular weight excluding hydrogens is 416 g/mol. The van der Waals surface area contributed by atoms with Crippen LogP contribution in [0.5, 0.6) is 0 Å². The molecule has 166 valence electrons. The van der Waals surface area contributed by atoms with Crippen molar-refractivity contribution in [3.05, 3.63) is 40.9 Å². The zero-order valence-corrected chi connectivity index (χ0v) is 18.9. The Bertz CT molecular complexity index is 959. The second-order valence-electron chi connectivity index (χ2n) is 8.57. The van der Waals surface area contributed by atoms with E-state index in [0.29, 0.717) is 24.0 Å². The fraction of sp³-hybridized carbons (Fsp3) is 0.522. The Morgan fingerprint density at radius 3 is 2.77 bits per heavy atom. The number of benzene rings is 1. The molecule has 1 aromatic heterocycles. The summed E-state index contributed by atoms with van der Waals surface area (Å²) in [7, 11) is 0. The van der Waals surface area contributed by atoms with Gasteiger partial charge in [-0.3, -0.25) is 9.59 Å². The highest BCUT2D eigenvalue weighted by molar-refractivity contribution is 7.13. The van der Waals surface area contributed by atoms with Crippen LogP contribution in [-0.2, 0) is 29.4 Å². The van der Waals surface area contributed by atoms with Crippen LogP contribution in [0.4, 0.5) is 10.8 Å². The SMILES string of the molecule is CCCCOC[C@@H]1C[C@@]2(C[C@](C)(c3csc(Nc4ccc(C)cc4)n3)OC2=O)C(=O)O1. The van der Waals surface area contributed by atoms with Crippen LogP contribution < -0.4 is 5.32 Å². The average molecular weight is 445 g/mol. The Labute approximate surface area is 186 Å². The number of ether oxygens (including phenoxy) is 3. The third-order valence-electron chi connectivity index (χ3n) is 5.88. The van der Waals surface area contributed by atoms with Gasteiger partial charge in [0, 0.05) is 30.5 Å². The highest BCUT2D eigenvalue weighted by Crippen LogP contribution is 2.52. The molecule has 2 fully saturated rings. The van der Waals surface area contributed by atoms with E-state index in [2.05, 4.69) is 17.2 Å². The molecule has 0 radical (unpaired) electrons. The van der Waals surface area contributed by atoms with Gasteiger partial charge in [-0.25, -0.2) is 4.98 Å². The molecule has 1 N–H and O–H groups in total. The summed E-state index contributed by atoms with van der Waals surface area (Å²) in [6.07, 6.45) is 2.07. The standard InChI is InChI=1S/C23H28N2O5S/c1-4-5-10-28-12-17-11-23(19(26)29-17)14-22(3,30-20(23)27)18-13-31-21(25-18)24-16-8-6-15(2)7-9-16/h6-9,13,17H,4-5,10-12,14H2,1-3H3,(H,24,25)/t17-,22+,23+/m0/s1. The van der Waals surface area contributed by atoms with Crippen molar-refractivity contribution < 1.29 is 23.8 Å². The third kappa shape index (κ3) is 4.32. The summed E-state index contributed by atoms with van der Waals surface area (Å²) in [6.45, 7) is 6.85. The summed E-state index contributed by atoms with van der Waals surface area (Å²) >= 11 is 1.43. The van der Waals surface area contributed by atoms with Gasteiger partial charge in [-0.1, -0.05) is 31.0 Å². The smallest absolute Gasteiger partial charge is 0.324 e. The number of cyclic esters (lactones) is 2. The number of aryl methyl sites for hydroxylation is 1. The van der Waals surface area contributed by atoms with E-state index in [4.69, 9.17) is 14.2 Å². The Morgan fingerprint density at radius 1 is 1.26 bits per heavy atom. The van der Waals surface area contributed by atoms with E-state index in [1.807, 2.05) is 43.5 Å². The van der Waals surface area contributed by atoms with Crippen molar-refractivity contribution >= 4 is 34.1 Å². The first-order chi connectivity index (χ1) is 14.8. The van der Waals surface area contributed by atoms with Crippen LogP contribution in [0.15, 0.2) is 29.6 Å². The van der Waals surface area contributed by atoms with Gasteiger partial charge in [-0.2, -0.15) is 0 Å². The predicted octanol–water partition coefficient (Wildman–Crippen LogP) is 4.48. The first-order valence-corrected chi connectivity index (χ1v) is 11.5. The number of nitrogens with zero attached hydrogens (tertiary/aromatic N) is 1. The van der Waals surface area contributed by atoms with Gasteiger partial charge in [0.15, 0.2) is 16.1 Å². The molecule has 1 spiro atoms. The molecule has 0 aliphatic carbocycles. The van der Waals surface area contributed by atoms with E-state index in [1.165, 1.54) is 16.9 Å². The third-order valence-corrected chi connectivity index (χ3v) is 6.64. The number of carbonyl (C=O) groups excluding carboxylic acids is 2. The maximum atomic E-state index is 12.8. The first-order valence-electron chi connectivity index (χ1n) is 10.7. The Kier molecular flexibility index (Phi) is 6.03. The van der Waals surface area contributed by atoms with Crippen molar-refractivity contribution in [2.75, 3.05) is 18.5 Å². The zero-order valence-electron chi connectivity index (χ0n) is 18.1. The second kappa shape index (κ2) is 8.59. The van der Waals surface area contributed by atoms with E-state index in [9.17, 15) is 9.59 Å². The summed E-state index contributed by atoms with van der Waals surface area (Å²) in [6, 6.07) is 8.02. The van der Waals surface area contributed by atoms with Crippen molar-refractivity contribution in [2.24, 2.45) is 5.41 Å². The van der Waals surface area contributed by atoms with E-state index in [1.54, 1.807) is 0 Å². The number of carbonyl (C=O) groups is 2. The van der Waals surface area contributed by atoms with Crippen LogP contribution in [0.25, 0.3) is 0 Å². The molecule has 3 heterocycles. The highest BCUT2D eigenvalue weighted by Gasteiger charge is 2.65. The number of aromatic nitrogens is 1. The van der Waals surface area contributed by atoms with Crippen LogP contribution in [0.1, 0.15) is 50.8 Å². The van der Waals surface area contributed by atoms with E-state index >= 15 is 0 Å². The molecule has 3 atom stereocenters. The molecule has 31 heavy (non-hydrogen) atoms. The van der Waals surface area contributed by atoms with Crippen molar-refractivity contribution in [3.8, 4) is 0 Å². The van der Waals surface area contributed by atoms with Crippen molar-refractivity contribution in [3.63, 3.8) is 0 Å². The van der Waals surface area contributed by atoms with Crippen molar-refractivity contribution in [2.45, 2.75) is 58.2 Å². The average Bonchev–Trinajstić information content (AvgIpc) is 3.39. The van der Waals surface area contributed by atoms with Gasteiger partial charge in [0.05, 0.1) is 12.3 Å². The van der Waals surface area contributed by atoms with Gasteiger partial charge >= 0.3 is 11.9 Å². The molecule has 2 aliphatic heterocycles. The fourth-order valence-electron chi connectivity index (χ4n) is 4.11. The van der Waals surface area contributed by atoms with Crippen molar-refractivity contribution in [1.82, 2.24) is 4.98 Å². The van der Waals surface area contributed by atoms with Crippen LogP contribution in [0.2, 0.25) is 0 Å². The number of rotatable bonds is 8. The zero-order chi connectivity index (χ0) is 22.1. The summed E-state index contributed by atoms with van der Waals surface area (Å²) in [4.78, 5) is 30.2. The lowest BCUT2D eigenvalue weighted by atomic mass is 9.78. The normalized spacial score (nSPS) is 27.5. The second-order valence-corrected chi connectivity index (χ2v) is 9.43. The Hall–Kier alpha value is -2.45. The van der Waals surface area contributed by atoms with Gasteiger partial charge in [0.2, 0.25) is 0 Å². The maximum absolute atomic E-state index is 12.8.